The second kappa shape index (κ2) is 5.00. The van der Waals surface area contributed by atoms with Gasteiger partial charge in [-0.3, -0.25) is 4.79 Å². The Labute approximate surface area is 113 Å². The lowest BCUT2D eigenvalue weighted by Crippen LogP contribution is -2.43. The molecule has 3 atom stereocenters. The highest BCUT2D eigenvalue weighted by molar-refractivity contribution is 5.79. The van der Waals surface area contributed by atoms with E-state index in [2.05, 4.69) is 0 Å². The van der Waals surface area contributed by atoms with Gasteiger partial charge in [-0.25, -0.2) is 4.79 Å². The quantitative estimate of drug-likeness (QED) is 0.770. The Bertz CT molecular complexity index is 385. The number of urea groups is 1. The van der Waals surface area contributed by atoms with Crippen molar-refractivity contribution >= 4 is 12.0 Å². The van der Waals surface area contributed by atoms with Gasteiger partial charge in [0.15, 0.2) is 0 Å². The molecule has 19 heavy (non-hydrogen) atoms. The van der Waals surface area contributed by atoms with Crippen molar-refractivity contribution in [3.63, 3.8) is 0 Å². The summed E-state index contributed by atoms with van der Waals surface area (Å²) in [6.07, 6.45) is 0.913. The third-order valence-corrected chi connectivity index (χ3v) is 4.44. The van der Waals surface area contributed by atoms with E-state index in [1.165, 1.54) is 0 Å². The zero-order valence-corrected chi connectivity index (χ0v) is 11.5. The van der Waals surface area contributed by atoms with Gasteiger partial charge < -0.3 is 20.0 Å². The number of hydrogen-bond acceptors (Lipinski definition) is 3. The number of aliphatic hydroxyl groups is 1. The number of aliphatic hydroxyl groups excluding tert-OH is 1. The van der Waals surface area contributed by atoms with Crippen molar-refractivity contribution in [2.24, 2.45) is 11.3 Å². The van der Waals surface area contributed by atoms with E-state index in [1.807, 2.05) is 0 Å². The number of nitrogens with zero attached hydrogens (tertiary/aromatic N) is 2. The van der Waals surface area contributed by atoms with E-state index in [9.17, 15) is 14.7 Å². The second-order valence-corrected chi connectivity index (χ2v) is 6.06. The maximum absolute atomic E-state index is 12.3. The minimum Gasteiger partial charge on any atom is -0.481 e. The summed E-state index contributed by atoms with van der Waals surface area (Å²) in [6, 6.07) is -0.0897. The highest BCUT2D eigenvalue weighted by atomic mass is 16.4. The van der Waals surface area contributed by atoms with Crippen LogP contribution in [0.5, 0.6) is 0 Å². The van der Waals surface area contributed by atoms with E-state index in [0.29, 0.717) is 26.1 Å². The fourth-order valence-corrected chi connectivity index (χ4v) is 2.85. The lowest BCUT2D eigenvalue weighted by molar-refractivity contribution is -0.147. The molecule has 3 unspecified atom stereocenters. The molecule has 0 spiro atoms. The SMILES string of the molecule is CC(O)C1CCN(C(=O)N2CCC(C)(C(=O)O)C2)C1. The van der Waals surface area contributed by atoms with Crippen LogP contribution in [-0.4, -0.2) is 64.3 Å². The fourth-order valence-electron chi connectivity index (χ4n) is 2.85. The third-order valence-electron chi connectivity index (χ3n) is 4.44. The van der Waals surface area contributed by atoms with Crippen LogP contribution in [0.15, 0.2) is 0 Å². The van der Waals surface area contributed by atoms with Crippen LogP contribution >= 0.6 is 0 Å². The molecule has 0 aromatic carbocycles. The van der Waals surface area contributed by atoms with Gasteiger partial charge in [0, 0.05) is 32.1 Å². The van der Waals surface area contributed by atoms with E-state index >= 15 is 0 Å². The van der Waals surface area contributed by atoms with Crippen molar-refractivity contribution in [1.82, 2.24) is 9.80 Å². The van der Waals surface area contributed by atoms with Crippen LogP contribution in [0.25, 0.3) is 0 Å². The fraction of sp³-hybridized carbons (Fsp3) is 0.846. The Morgan fingerprint density at radius 3 is 2.47 bits per heavy atom. The second-order valence-electron chi connectivity index (χ2n) is 6.06. The Hall–Kier alpha value is -1.30. The van der Waals surface area contributed by atoms with Gasteiger partial charge in [0.25, 0.3) is 0 Å². The molecule has 0 aliphatic carbocycles. The number of carbonyl (C=O) groups excluding carboxylic acids is 1. The number of rotatable bonds is 2. The molecule has 0 bridgehead atoms. The first-order chi connectivity index (χ1) is 8.83. The molecule has 2 heterocycles. The van der Waals surface area contributed by atoms with E-state index < -0.39 is 17.5 Å². The van der Waals surface area contributed by atoms with Gasteiger partial charge in [-0.1, -0.05) is 0 Å². The molecule has 2 saturated heterocycles. The molecular formula is C13H22N2O4. The average molecular weight is 270 g/mol. The first kappa shape index (κ1) is 14.1. The summed E-state index contributed by atoms with van der Waals surface area (Å²) in [5.41, 5.74) is -0.820. The Morgan fingerprint density at radius 2 is 2.00 bits per heavy atom. The molecule has 0 aromatic heterocycles. The molecule has 108 valence electrons. The van der Waals surface area contributed by atoms with Crippen LogP contribution in [0.2, 0.25) is 0 Å². The van der Waals surface area contributed by atoms with Crippen LogP contribution in [0, 0.1) is 11.3 Å². The molecule has 2 fully saturated rings. The lowest BCUT2D eigenvalue weighted by atomic mass is 9.90. The predicted octanol–water partition coefficient (Wildman–Crippen LogP) is 0.606. The van der Waals surface area contributed by atoms with Crippen LogP contribution in [0.1, 0.15) is 26.7 Å². The molecule has 2 aliphatic heterocycles. The third kappa shape index (κ3) is 2.68. The molecular weight excluding hydrogens is 248 g/mol. The van der Waals surface area contributed by atoms with Crippen molar-refractivity contribution in [3.8, 4) is 0 Å². The van der Waals surface area contributed by atoms with Crippen molar-refractivity contribution in [1.29, 1.82) is 0 Å². The summed E-state index contributed by atoms with van der Waals surface area (Å²) in [6.45, 7) is 5.42. The highest BCUT2D eigenvalue weighted by Crippen LogP contribution is 2.31. The first-order valence-corrected chi connectivity index (χ1v) is 6.79. The summed E-state index contributed by atoms with van der Waals surface area (Å²) in [5.74, 6) is -0.705. The zero-order valence-electron chi connectivity index (χ0n) is 11.5. The normalized spacial score (nSPS) is 32.7. The van der Waals surface area contributed by atoms with Gasteiger partial charge in [0.05, 0.1) is 11.5 Å². The van der Waals surface area contributed by atoms with Crippen molar-refractivity contribution in [2.45, 2.75) is 32.8 Å². The minimum atomic E-state index is -0.842. The summed E-state index contributed by atoms with van der Waals surface area (Å²) >= 11 is 0. The molecule has 2 N–H and O–H groups in total. The predicted molar refractivity (Wildman–Crippen MR) is 68.7 cm³/mol. The molecule has 6 heteroatoms. The standard InChI is InChI=1S/C13H22N2O4/c1-9(16)10-3-5-14(7-10)12(19)15-6-4-13(2,8-15)11(17)18/h9-10,16H,3-8H2,1-2H3,(H,17,18). The number of likely N-dealkylation sites (tertiary alicyclic amines) is 2. The largest absolute Gasteiger partial charge is 0.481 e. The van der Waals surface area contributed by atoms with Gasteiger partial charge in [0.2, 0.25) is 0 Å². The van der Waals surface area contributed by atoms with Gasteiger partial charge >= 0.3 is 12.0 Å². The topological polar surface area (TPSA) is 81.1 Å². The number of hydrogen-bond donors (Lipinski definition) is 2. The zero-order chi connectivity index (χ0) is 14.2. The van der Waals surface area contributed by atoms with Crippen LogP contribution in [-0.2, 0) is 4.79 Å². The smallest absolute Gasteiger partial charge is 0.320 e. The Kier molecular flexibility index (Phi) is 3.71. The van der Waals surface area contributed by atoms with E-state index in [0.717, 1.165) is 6.42 Å². The maximum atomic E-state index is 12.3. The number of amides is 2. The van der Waals surface area contributed by atoms with Crippen molar-refractivity contribution in [2.75, 3.05) is 26.2 Å². The van der Waals surface area contributed by atoms with Gasteiger partial charge in [-0.15, -0.1) is 0 Å². The molecule has 2 aliphatic rings. The first-order valence-electron chi connectivity index (χ1n) is 6.79. The monoisotopic (exact) mass is 270 g/mol. The van der Waals surface area contributed by atoms with E-state index in [1.54, 1.807) is 23.6 Å². The molecule has 2 amide bonds. The average Bonchev–Trinajstić information content (AvgIpc) is 2.95. The van der Waals surface area contributed by atoms with E-state index in [4.69, 9.17) is 5.11 Å². The molecule has 0 radical (unpaired) electrons. The van der Waals surface area contributed by atoms with Gasteiger partial charge in [-0.05, 0) is 26.7 Å². The molecule has 0 saturated carbocycles. The summed E-state index contributed by atoms with van der Waals surface area (Å²) < 4.78 is 0. The highest BCUT2D eigenvalue weighted by Gasteiger charge is 2.43. The minimum absolute atomic E-state index is 0.0897. The summed E-state index contributed by atoms with van der Waals surface area (Å²) in [4.78, 5) is 26.8. The Balaban J connectivity index is 1.94. The molecule has 0 aromatic rings. The molecule has 6 nitrogen and oxygen atoms in total. The maximum Gasteiger partial charge on any atom is 0.320 e. The number of carbonyl (C=O) groups is 2. The van der Waals surface area contributed by atoms with Crippen LogP contribution in [0.3, 0.4) is 0 Å². The molecule has 2 rings (SSSR count). The van der Waals surface area contributed by atoms with E-state index in [-0.39, 0.29) is 18.5 Å². The number of carboxylic acid groups (broad SMARTS) is 1. The number of aliphatic carboxylic acids is 1. The number of carboxylic acids is 1. The lowest BCUT2D eigenvalue weighted by Gasteiger charge is -2.26. The Morgan fingerprint density at radius 1 is 1.32 bits per heavy atom. The summed E-state index contributed by atoms with van der Waals surface area (Å²) in [7, 11) is 0. The van der Waals surface area contributed by atoms with Gasteiger partial charge in [0.1, 0.15) is 0 Å². The van der Waals surface area contributed by atoms with Gasteiger partial charge in [-0.2, -0.15) is 0 Å². The van der Waals surface area contributed by atoms with Crippen molar-refractivity contribution < 1.29 is 19.8 Å². The van der Waals surface area contributed by atoms with Crippen LogP contribution in [0.4, 0.5) is 4.79 Å². The van der Waals surface area contributed by atoms with Crippen molar-refractivity contribution in [3.05, 3.63) is 0 Å². The summed E-state index contributed by atoms with van der Waals surface area (Å²) in [5, 5.41) is 18.7. The van der Waals surface area contributed by atoms with Crippen LogP contribution < -0.4 is 0 Å².